The van der Waals surface area contributed by atoms with Gasteiger partial charge in [0.25, 0.3) is 11.2 Å². The first-order valence-corrected chi connectivity index (χ1v) is 6.80. The summed E-state index contributed by atoms with van der Waals surface area (Å²) in [5, 5.41) is 12.2. The van der Waals surface area contributed by atoms with E-state index in [-0.39, 0.29) is 22.4 Å². The predicted octanol–water partition coefficient (Wildman–Crippen LogP) is 3.24. The average molecular weight is 307 g/mol. The van der Waals surface area contributed by atoms with Gasteiger partial charge in [-0.2, -0.15) is 0 Å². The largest absolute Gasteiger partial charge is 0.453 e. The number of furan rings is 1. The number of H-pyrrole nitrogens is 1. The third kappa shape index (κ3) is 2.06. The van der Waals surface area contributed by atoms with Crippen molar-refractivity contribution in [2.75, 3.05) is 0 Å². The summed E-state index contributed by atoms with van der Waals surface area (Å²) >= 11 is 0. The van der Waals surface area contributed by atoms with E-state index in [2.05, 4.69) is 9.97 Å². The lowest BCUT2D eigenvalue weighted by Gasteiger charge is -2.01. The number of hydrogen-bond donors (Lipinski definition) is 1. The maximum atomic E-state index is 12.2. The van der Waals surface area contributed by atoms with E-state index in [4.69, 9.17) is 4.42 Å². The first-order chi connectivity index (χ1) is 11.1. The van der Waals surface area contributed by atoms with Crippen LogP contribution in [-0.4, -0.2) is 14.9 Å². The molecule has 0 spiro atoms. The van der Waals surface area contributed by atoms with Crippen LogP contribution < -0.4 is 5.56 Å². The number of aromatic amines is 1. The highest BCUT2D eigenvalue weighted by atomic mass is 16.6. The fourth-order valence-corrected chi connectivity index (χ4v) is 2.51. The lowest BCUT2D eigenvalue weighted by molar-refractivity contribution is -0.383. The summed E-state index contributed by atoms with van der Waals surface area (Å²) in [4.78, 5) is 29.6. The molecule has 0 saturated carbocycles. The van der Waals surface area contributed by atoms with Crippen LogP contribution in [0.1, 0.15) is 0 Å². The van der Waals surface area contributed by atoms with Gasteiger partial charge in [-0.15, -0.1) is 0 Å². The Bertz CT molecular complexity index is 1090. The molecule has 0 saturated heterocycles. The van der Waals surface area contributed by atoms with Crippen LogP contribution in [0.4, 0.5) is 5.69 Å². The number of nitrogens with one attached hydrogen (secondary N) is 1. The summed E-state index contributed by atoms with van der Waals surface area (Å²) < 4.78 is 5.66. The molecule has 0 aliphatic carbocycles. The van der Waals surface area contributed by atoms with Crippen molar-refractivity contribution in [1.29, 1.82) is 0 Å². The third-order valence-electron chi connectivity index (χ3n) is 3.57. The number of rotatable bonds is 2. The van der Waals surface area contributed by atoms with Gasteiger partial charge >= 0.3 is 0 Å². The number of nitro benzene ring substituents is 1. The van der Waals surface area contributed by atoms with Gasteiger partial charge in [0.05, 0.1) is 10.3 Å². The number of hydrogen-bond acceptors (Lipinski definition) is 5. The number of aromatic nitrogens is 2. The predicted molar refractivity (Wildman–Crippen MR) is 84.2 cm³/mol. The number of nitro groups is 1. The lowest BCUT2D eigenvalue weighted by Crippen LogP contribution is -2.10. The van der Waals surface area contributed by atoms with Crippen LogP contribution in [0.2, 0.25) is 0 Å². The Morgan fingerprint density at radius 1 is 1.13 bits per heavy atom. The molecule has 0 radical (unpaired) electrons. The number of benzene rings is 2. The van der Waals surface area contributed by atoms with Gasteiger partial charge in [0, 0.05) is 11.5 Å². The number of nitrogens with zero attached hydrogens (tertiary/aromatic N) is 2. The minimum atomic E-state index is -0.558. The van der Waals surface area contributed by atoms with Crippen molar-refractivity contribution in [1.82, 2.24) is 9.97 Å². The fraction of sp³-hybridized carbons (Fsp3) is 0. The molecule has 4 aromatic rings. The molecule has 0 amide bonds. The SMILES string of the molecule is O=c1[nH]c(-c2cc3ccccc3o2)nc2c([N+](=O)[O-])cccc12. The van der Waals surface area contributed by atoms with E-state index in [0.29, 0.717) is 11.3 Å². The molecule has 2 aromatic carbocycles. The van der Waals surface area contributed by atoms with Crippen LogP contribution in [-0.2, 0) is 0 Å². The second-order valence-electron chi connectivity index (χ2n) is 4.99. The van der Waals surface area contributed by atoms with Gasteiger partial charge in [-0.3, -0.25) is 14.9 Å². The minimum Gasteiger partial charge on any atom is -0.453 e. The zero-order chi connectivity index (χ0) is 16.0. The molecule has 7 heteroatoms. The molecule has 1 N–H and O–H groups in total. The quantitative estimate of drug-likeness (QED) is 0.452. The first kappa shape index (κ1) is 13.2. The summed E-state index contributed by atoms with van der Waals surface area (Å²) in [6.07, 6.45) is 0. The van der Waals surface area contributed by atoms with E-state index in [1.165, 1.54) is 18.2 Å². The molecule has 112 valence electrons. The van der Waals surface area contributed by atoms with Crippen molar-refractivity contribution < 1.29 is 9.34 Å². The Kier molecular flexibility index (Phi) is 2.74. The first-order valence-electron chi connectivity index (χ1n) is 6.80. The Morgan fingerprint density at radius 2 is 1.96 bits per heavy atom. The molecule has 2 heterocycles. The molecule has 7 nitrogen and oxygen atoms in total. The van der Waals surface area contributed by atoms with Crippen LogP contribution in [0.15, 0.2) is 57.7 Å². The summed E-state index contributed by atoms with van der Waals surface area (Å²) in [7, 11) is 0. The van der Waals surface area contributed by atoms with Crippen molar-refractivity contribution in [3.8, 4) is 11.6 Å². The Labute approximate surface area is 128 Å². The Morgan fingerprint density at radius 3 is 2.74 bits per heavy atom. The van der Waals surface area contributed by atoms with Crippen LogP contribution in [0.5, 0.6) is 0 Å². The maximum Gasteiger partial charge on any atom is 0.295 e. The van der Waals surface area contributed by atoms with E-state index in [1.807, 2.05) is 18.2 Å². The zero-order valence-electron chi connectivity index (χ0n) is 11.6. The van der Waals surface area contributed by atoms with Crippen molar-refractivity contribution >= 4 is 27.6 Å². The maximum absolute atomic E-state index is 12.2. The van der Waals surface area contributed by atoms with Gasteiger partial charge in [0.2, 0.25) is 0 Å². The smallest absolute Gasteiger partial charge is 0.295 e. The van der Waals surface area contributed by atoms with E-state index in [9.17, 15) is 14.9 Å². The third-order valence-corrected chi connectivity index (χ3v) is 3.57. The zero-order valence-corrected chi connectivity index (χ0v) is 11.6. The van der Waals surface area contributed by atoms with E-state index in [0.717, 1.165) is 5.39 Å². The highest BCUT2D eigenvalue weighted by Crippen LogP contribution is 2.27. The van der Waals surface area contributed by atoms with Gasteiger partial charge in [0.1, 0.15) is 5.58 Å². The van der Waals surface area contributed by atoms with Gasteiger partial charge in [-0.05, 0) is 18.2 Å². The molecule has 0 aliphatic rings. The van der Waals surface area contributed by atoms with E-state index < -0.39 is 10.5 Å². The second kappa shape index (κ2) is 4.77. The molecule has 0 aliphatic heterocycles. The molecular weight excluding hydrogens is 298 g/mol. The molecule has 23 heavy (non-hydrogen) atoms. The molecule has 4 rings (SSSR count). The van der Waals surface area contributed by atoms with Crippen LogP contribution in [0.25, 0.3) is 33.5 Å². The summed E-state index contributed by atoms with van der Waals surface area (Å²) in [5.41, 5.74) is 0.0182. The number of para-hydroxylation sites is 2. The van der Waals surface area contributed by atoms with Crippen molar-refractivity contribution in [2.45, 2.75) is 0 Å². The fourth-order valence-electron chi connectivity index (χ4n) is 2.51. The Hall–Kier alpha value is -3.48. The average Bonchev–Trinajstić information content (AvgIpc) is 2.98. The van der Waals surface area contributed by atoms with Crippen molar-refractivity contribution in [2.24, 2.45) is 0 Å². The van der Waals surface area contributed by atoms with Crippen molar-refractivity contribution in [3.63, 3.8) is 0 Å². The highest BCUT2D eigenvalue weighted by Gasteiger charge is 2.17. The topological polar surface area (TPSA) is 102 Å². The molecule has 0 atom stereocenters. The van der Waals surface area contributed by atoms with Crippen LogP contribution in [0, 0.1) is 10.1 Å². The van der Waals surface area contributed by atoms with E-state index in [1.54, 1.807) is 12.1 Å². The monoisotopic (exact) mass is 307 g/mol. The molecular formula is C16H9N3O4. The molecule has 0 unspecified atom stereocenters. The van der Waals surface area contributed by atoms with Gasteiger partial charge in [-0.25, -0.2) is 4.98 Å². The molecule has 2 aromatic heterocycles. The second-order valence-corrected chi connectivity index (χ2v) is 4.99. The van der Waals surface area contributed by atoms with E-state index >= 15 is 0 Å². The molecule has 0 bridgehead atoms. The van der Waals surface area contributed by atoms with Gasteiger partial charge in [0.15, 0.2) is 17.1 Å². The summed E-state index contributed by atoms with van der Waals surface area (Å²) in [6, 6.07) is 13.4. The van der Waals surface area contributed by atoms with Gasteiger partial charge < -0.3 is 9.40 Å². The number of non-ortho nitro benzene ring substituents is 1. The van der Waals surface area contributed by atoms with Crippen LogP contribution >= 0.6 is 0 Å². The lowest BCUT2D eigenvalue weighted by atomic mass is 10.2. The van der Waals surface area contributed by atoms with Crippen LogP contribution in [0.3, 0.4) is 0 Å². The number of fused-ring (bicyclic) bond motifs is 2. The summed E-state index contributed by atoms with van der Waals surface area (Å²) in [6.45, 7) is 0. The summed E-state index contributed by atoms with van der Waals surface area (Å²) in [5.74, 6) is 0.511. The normalized spacial score (nSPS) is 11.1. The standard InChI is InChI=1S/C16H9N3O4/c20-16-10-5-3-6-11(19(21)22)14(10)17-15(18-16)13-8-9-4-1-2-7-12(9)23-13/h1-8H,(H,17,18,20). The Balaban J connectivity index is 2.02. The minimum absolute atomic E-state index is 0.0386. The molecule has 0 fully saturated rings. The highest BCUT2D eigenvalue weighted by molar-refractivity contribution is 5.88. The van der Waals surface area contributed by atoms with Crippen molar-refractivity contribution in [3.05, 3.63) is 69.0 Å². The van der Waals surface area contributed by atoms with Gasteiger partial charge in [-0.1, -0.05) is 24.3 Å².